The SMILES string of the molecule is C#CC(C)(C)OC(=O)CC[CH2]. The first kappa shape index (κ1) is 10.0. The lowest BCUT2D eigenvalue weighted by Gasteiger charge is -2.17. The molecule has 0 heterocycles. The molecule has 2 nitrogen and oxygen atoms in total. The van der Waals surface area contributed by atoms with Crippen LogP contribution in [0.4, 0.5) is 0 Å². The zero-order chi connectivity index (χ0) is 8.91. The van der Waals surface area contributed by atoms with Gasteiger partial charge in [-0.25, -0.2) is 0 Å². The van der Waals surface area contributed by atoms with Crippen molar-refractivity contribution in [2.45, 2.75) is 32.3 Å². The predicted molar refractivity (Wildman–Crippen MR) is 43.6 cm³/mol. The highest BCUT2D eigenvalue weighted by atomic mass is 16.6. The summed E-state index contributed by atoms with van der Waals surface area (Å²) in [6.45, 7) is 6.88. The molecule has 1 radical (unpaired) electrons. The van der Waals surface area contributed by atoms with Gasteiger partial charge in [0.1, 0.15) is 0 Å². The second-order valence-electron chi connectivity index (χ2n) is 2.73. The normalized spacial score (nSPS) is 10.4. The van der Waals surface area contributed by atoms with E-state index < -0.39 is 5.60 Å². The van der Waals surface area contributed by atoms with Gasteiger partial charge in [-0.3, -0.25) is 4.79 Å². The zero-order valence-corrected chi connectivity index (χ0v) is 7.02. The number of esters is 1. The van der Waals surface area contributed by atoms with E-state index in [1.165, 1.54) is 0 Å². The fourth-order valence-corrected chi connectivity index (χ4v) is 0.509. The Morgan fingerprint density at radius 1 is 1.73 bits per heavy atom. The van der Waals surface area contributed by atoms with Crippen molar-refractivity contribution in [2.75, 3.05) is 0 Å². The van der Waals surface area contributed by atoms with E-state index in [9.17, 15) is 4.79 Å². The van der Waals surface area contributed by atoms with Gasteiger partial charge in [-0.2, -0.15) is 0 Å². The number of terminal acetylenes is 1. The summed E-state index contributed by atoms with van der Waals surface area (Å²) in [5, 5.41) is 0. The van der Waals surface area contributed by atoms with Crippen LogP contribution in [0.5, 0.6) is 0 Å². The molecule has 0 fully saturated rings. The number of carbonyl (C=O) groups excluding carboxylic acids is 1. The van der Waals surface area contributed by atoms with E-state index in [0.29, 0.717) is 12.8 Å². The van der Waals surface area contributed by atoms with E-state index in [0.717, 1.165) is 0 Å². The third kappa shape index (κ3) is 4.44. The molecular weight excluding hydrogens is 140 g/mol. The number of rotatable bonds is 3. The third-order valence-electron chi connectivity index (χ3n) is 1.10. The molecule has 0 aromatic carbocycles. The maximum absolute atomic E-state index is 10.9. The molecule has 0 saturated carbocycles. The van der Waals surface area contributed by atoms with Crippen LogP contribution in [0.25, 0.3) is 0 Å². The lowest BCUT2D eigenvalue weighted by atomic mass is 10.1. The summed E-state index contributed by atoms with van der Waals surface area (Å²) in [7, 11) is 0. The number of hydrogen-bond acceptors (Lipinski definition) is 2. The van der Waals surface area contributed by atoms with Crippen molar-refractivity contribution < 1.29 is 9.53 Å². The van der Waals surface area contributed by atoms with Crippen LogP contribution >= 0.6 is 0 Å². The average Bonchev–Trinajstić information content (AvgIpc) is 1.87. The van der Waals surface area contributed by atoms with Crippen LogP contribution in [0, 0.1) is 19.3 Å². The number of hydrogen-bond donors (Lipinski definition) is 0. The number of carbonyl (C=O) groups is 1. The molecule has 0 rings (SSSR count). The summed E-state index contributed by atoms with van der Waals surface area (Å²) < 4.78 is 4.91. The first-order valence-electron chi connectivity index (χ1n) is 3.50. The Bertz CT molecular complexity index is 174. The van der Waals surface area contributed by atoms with E-state index in [-0.39, 0.29) is 5.97 Å². The second kappa shape index (κ2) is 4.02. The smallest absolute Gasteiger partial charge is 0.307 e. The molecule has 0 unspecified atom stereocenters. The van der Waals surface area contributed by atoms with Gasteiger partial charge in [-0.15, -0.1) is 6.42 Å². The van der Waals surface area contributed by atoms with Gasteiger partial charge in [0.25, 0.3) is 0 Å². The van der Waals surface area contributed by atoms with Crippen LogP contribution in [-0.4, -0.2) is 11.6 Å². The van der Waals surface area contributed by atoms with Gasteiger partial charge in [-0.05, 0) is 20.3 Å². The minimum Gasteiger partial charge on any atom is -0.446 e. The number of ether oxygens (including phenoxy) is 1. The quantitative estimate of drug-likeness (QED) is 0.454. The summed E-state index contributed by atoms with van der Waals surface area (Å²) in [5.41, 5.74) is -0.785. The van der Waals surface area contributed by atoms with Gasteiger partial charge in [0.05, 0.1) is 0 Å². The molecule has 0 aliphatic rings. The highest BCUT2D eigenvalue weighted by Gasteiger charge is 2.18. The maximum atomic E-state index is 10.9. The fourth-order valence-electron chi connectivity index (χ4n) is 0.509. The van der Waals surface area contributed by atoms with Crippen LogP contribution in [-0.2, 0) is 9.53 Å². The molecule has 61 valence electrons. The van der Waals surface area contributed by atoms with Gasteiger partial charge in [0.2, 0.25) is 0 Å². The van der Waals surface area contributed by atoms with Crippen molar-refractivity contribution in [3.8, 4) is 12.3 Å². The molecule has 0 amide bonds. The molecule has 0 atom stereocenters. The lowest BCUT2D eigenvalue weighted by molar-refractivity contribution is -0.151. The fraction of sp³-hybridized carbons (Fsp3) is 0.556. The summed E-state index contributed by atoms with van der Waals surface area (Å²) >= 11 is 0. The van der Waals surface area contributed by atoms with Crippen molar-refractivity contribution in [1.29, 1.82) is 0 Å². The van der Waals surface area contributed by atoms with Crippen molar-refractivity contribution in [2.24, 2.45) is 0 Å². The Morgan fingerprint density at radius 2 is 2.27 bits per heavy atom. The van der Waals surface area contributed by atoms with Crippen molar-refractivity contribution in [3.63, 3.8) is 0 Å². The molecule has 0 aliphatic carbocycles. The van der Waals surface area contributed by atoms with Crippen LogP contribution in [0.1, 0.15) is 26.7 Å². The third-order valence-corrected chi connectivity index (χ3v) is 1.10. The second-order valence-corrected chi connectivity index (χ2v) is 2.73. The van der Waals surface area contributed by atoms with E-state index in [2.05, 4.69) is 12.8 Å². The van der Waals surface area contributed by atoms with Gasteiger partial charge >= 0.3 is 5.97 Å². The molecule has 0 aromatic rings. The van der Waals surface area contributed by atoms with E-state index in [1.807, 2.05) is 0 Å². The van der Waals surface area contributed by atoms with Gasteiger partial charge in [0.15, 0.2) is 5.60 Å². The first-order valence-corrected chi connectivity index (χ1v) is 3.50. The zero-order valence-electron chi connectivity index (χ0n) is 7.02. The highest BCUT2D eigenvalue weighted by Crippen LogP contribution is 2.08. The van der Waals surface area contributed by atoms with Crippen molar-refractivity contribution in [1.82, 2.24) is 0 Å². The van der Waals surface area contributed by atoms with E-state index >= 15 is 0 Å². The summed E-state index contributed by atoms with van der Waals surface area (Å²) in [6.07, 6.45) is 5.97. The summed E-state index contributed by atoms with van der Waals surface area (Å²) in [4.78, 5) is 10.9. The monoisotopic (exact) mass is 153 g/mol. The van der Waals surface area contributed by atoms with Gasteiger partial charge in [0, 0.05) is 6.42 Å². The molecule has 0 N–H and O–H groups in total. The molecular formula is C9H13O2. The topological polar surface area (TPSA) is 26.3 Å². The van der Waals surface area contributed by atoms with Gasteiger partial charge < -0.3 is 4.74 Å². The minimum absolute atomic E-state index is 0.289. The summed E-state index contributed by atoms with van der Waals surface area (Å²) in [5.74, 6) is 2.08. The molecule has 0 spiro atoms. The minimum atomic E-state index is -0.785. The molecule has 0 saturated heterocycles. The van der Waals surface area contributed by atoms with Crippen LogP contribution < -0.4 is 0 Å². The van der Waals surface area contributed by atoms with Crippen LogP contribution in [0.2, 0.25) is 0 Å². The van der Waals surface area contributed by atoms with Crippen LogP contribution in [0.15, 0.2) is 0 Å². The molecule has 0 aromatic heterocycles. The standard InChI is InChI=1S/C9H13O2/c1-5-7-8(10)11-9(3,4)6-2/h2H,1,5,7H2,3-4H3. The lowest BCUT2D eigenvalue weighted by Crippen LogP contribution is -2.25. The van der Waals surface area contributed by atoms with Crippen molar-refractivity contribution >= 4 is 5.97 Å². The molecule has 2 heteroatoms. The van der Waals surface area contributed by atoms with Gasteiger partial charge in [-0.1, -0.05) is 12.8 Å². The summed E-state index contributed by atoms with van der Waals surface area (Å²) in [6, 6.07) is 0. The van der Waals surface area contributed by atoms with E-state index in [4.69, 9.17) is 11.2 Å². The molecule has 0 aliphatic heterocycles. The Morgan fingerprint density at radius 3 is 2.64 bits per heavy atom. The Hall–Kier alpha value is -0.970. The molecule has 11 heavy (non-hydrogen) atoms. The Balaban J connectivity index is 3.86. The predicted octanol–water partition coefficient (Wildman–Crippen LogP) is 1.56. The Labute approximate surface area is 67.9 Å². The van der Waals surface area contributed by atoms with Crippen LogP contribution in [0.3, 0.4) is 0 Å². The molecule has 0 bridgehead atoms. The average molecular weight is 153 g/mol. The van der Waals surface area contributed by atoms with Crippen molar-refractivity contribution in [3.05, 3.63) is 6.92 Å². The highest BCUT2D eigenvalue weighted by molar-refractivity contribution is 5.70. The maximum Gasteiger partial charge on any atom is 0.307 e. The first-order chi connectivity index (χ1) is 5.02. The Kier molecular flexibility index (Phi) is 3.67. The van der Waals surface area contributed by atoms with E-state index in [1.54, 1.807) is 13.8 Å². The largest absolute Gasteiger partial charge is 0.446 e.